The van der Waals surface area contributed by atoms with Gasteiger partial charge < -0.3 is 14.5 Å². The predicted molar refractivity (Wildman–Crippen MR) is 90.9 cm³/mol. The van der Waals surface area contributed by atoms with Gasteiger partial charge in [-0.25, -0.2) is 0 Å². The zero-order chi connectivity index (χ0) is 16.4. The van der Waals surface area contributed by atoms with Crippen molar-refractivity contribution in [1.82, 2.24) is 4.98 Å². The van der Waals surface area contributed by atoms with Gasteiger partial charge >= 0.3 is 0 Å². The number of nitrogens with one attached hydrogen (secondary N) is 1. The molecule has 0 aliphatic rings. The average molecular weight is 306 g/mol. The molecule has 0 aliphatic carbocycles. The number of ether oxygens (including phenoxy) is 2. The van der Waals surface area contributed by atoms with Crippen molar-refractivity contribution in [2.75, 3.05) is 14.2 Å². The fraction of sp³-hybridized carbons (Fsp3) is 0.211. The number of methoxy groups -OCH3 is 2. The number of fused-ring (bicyclic) bond motifs is 1. The molecule has 0 saturated carbocycles. The molecule has 0 atom stereocenters. The van der Waals surface area contributed by atoms with E-state index in [-0.39, 0.29) is 0 Å². The summed E-state index contributed by atoms with van der Waals surface area (Å²) in [5.74, 6) is 1.64. The minimum atomic E-state index is 0.341. The molecule has 0 saturated heterocycles. The molecule has 116 valence electrons. The van der Waals surface area contributed by atoms with Crippen LogP contribution in [0, 0.1) is 18.3 Å². The van der Waals surface area contributed by atoms with E-state index in [0.29, 0.717) is 6.42 Å². The van der Waals surface area contributed by atoms with E-state index in [0.717, 1.165) is 44.8 Å². The fourth-order valence-corrected chi connectivity index (χ4v) is 2.90. The topological polar surface area (TPSA) is 58.0 Å². The molecule has 1 aromatic heterocycles. The summed E-state index contributed by atoms with van der Waals surface area (Å²) >= 11 is 0. The molecule has 3 rings (SSSR count). The van der Waals surface area contributed by atoms with Crippen LogP contribution in [0.2, 0.25) is 0 Å². The number of rotatable bonds is 4. The summed E-state index contributed by atoms with van der Waals surface area (Å²) in [5.41, 5.74) is 5.07. The Kier molecular flexibility index (Phi) is 3.94. The molecule has 0 unspecified atom stereocenters. The van der Waals surface area contributed by atoms with Crippen LogP contribution in [0.15, 0.2) is 36.4 Å². The third-order valence-electron chi connectivity index (χ3n) is 4.05. The lowest BCUT2D eigenvalue weighted by Crippen LogP contribution is -1.90. The lowest BCUT2D eigenvalue weighted by atomic mass is 10.0. The van der Waals surface area contributed by atoms with E-state index < -0.39 is 0 Å². The van der Waals surface area contributed by atoms with Gasteiger partial charge in [-0.3, -0.25) is 0 Å². The Balaban J connectivity index is 2.22. The standard InChI is InChI=1S/C19H18N2O2/c1-12-10-13(4-7-18(12)23-3)19-15(8-9-20)16-11-14(22-2)5-6-17(16)21-19/h4-7,10-11,21H,8H2,1-3H3. The molecule has 1 N–H and O–H groups in total. The van der Waals surface area contributed by atoms with Crippen LogP contribution in [-0.2, 0) is 6.42 Å². The van der Waals surface area contributed by atoms with Gasteiger partial charge in [-0.15, -0.1) is 0 Å². The molecule has 0 spiro atoms. The molecule has 0 bridgehead atoms. The van der Waals surface area contributed by atoms with Crippen LogP contribution in [0.1, 0.15) is 11.1 Å². The van der Waals surface area contributed by atoms with E-state index in [9.17, 15) is 5.26 Å². The van der Waals surface area contributed by atoms with Crippen LogP contribution in [0.3, 0.4) is 0 Å². The molecule has 0 radical (unpaired) electrons. The minimum absolute atomic E-state index is 0.341. The third kappa shape index (κ3) is 2.62. The lowest BCUT2D eigenvalue weighted by molar-refractivity contribution is 0.412. The summed E-state index contributed by atoms with van der Waals surface area (Å²) in [4.78, 5) is 3.43. The number of aromatic amines is 1. The van der Waals surface area contributed by atoms with Crippen molar-refractivity contribution in [3.8, 4) is 28.8 Å². The first kappa shape index (κ1) is 15.0. The molecular weight excluding hydrogens is 288 g/mol. The van der Waals surface area contributed by atoms with Gasteiger partial charge in [-0.05, 0) is 60.0 Å². The second-order valence-corrected chi connectivity index (χ2v) is 5.41. The molecule has 4 heteroatoms. The van der Waals surface area contributed by atoms with E-state index in [4.69, 9.17) is 9.47 Å². The van der Waals surface area contributed by atoms with Crippen molar-refractivity contribution in [2.24, 2.45) is 0 Å². The molecule has 0 fully saturated rings. The molecular formula is C19H18N2O2. The molecule has 2 aromatic carbocycles. The number of H-pyrrole nitrogens is 1. The highest BCUT2D eigenvalue weighted by Crippen LogP contribution is 2.34. The highest BCUT2D eigenvalue weighted by Gasteiger charge is 2.14. The van der Waals surface area contributed by atoms with E-state index in [1.165, 1.54) is 0 Å². The third-order valence-corrected chi connectivity index (χ3v) is 4.05. The van der Waals surface area contributed by atoms with Crippen molar-refractivity contribution in [3.63, 3.8) is 0 Å². The lowest BCUT2D eigenvalue weighted by Gasteiger charge is -2.07. The van der Waals surface area contributed by atoms with Gasteiger partial charge in [0.15, 0.2) is 0 Å². The summed E-state index contributed by atoms with van der Waals surface area (Å²) in [6, 6.07) is 14.2. The van der Waals surface area contributed by atoms with E-state index >= 15 is 0 Å². The van der Waals surface area contributed by atoms with E-state index in [2.05, 4.69) is 17.1 Å². The molecule has 1 heterocycles. The number of benzene rings is 2. The van der Waals surface area contributed by atoms with Crippen molar-refractivity contribution >= 4 is 10.9 Å². The number of hydrogen-bond donors (Lipinski definition) is 1. The van der Waals surface area contributed by atoms with Gasteiger partial charge in [-0.1, -0.05) is 0 Å². The number of nitriles is 1. The van der Waals surface area contributed by atoms with Crippen molar-refractivity contribution in [1.29, 1.82) is 5.26 Å². The Morgan fingerprint density at radius 3 is 2.57 bits per heavy atom. The number of hydrogen-bond acceptors (Lipinski definition) is 3. The Hall–Kier alpha value is -2.93. The highest BCUT2D eigenvalue weighted by atomic mass is 16.5. The summed E-state index contributed by atoms with van der Waals surface area (Å²) < 4.78 is 10.6. The van der Waals surface area contributed by atoms with E-state index in [1.807, 2.05) is 37.3 Å². The van der Waals surface area contributed by atoms with Crippen LogP contribution in [-0.4, -0.2) is 19.2 Å². The monoisotopic (exact) mass is 306 g/mol. The number of aromatic nitrogens is 1. The first-order valence-electron chi connectivity index (χ1n) is 7.38. The van der Waals surface area contributed by atoms with Crippen LogP contribution in [0.25, 0.3) is 22.2 Å². The zero-order valence-electron chi connectivity index (χ0n) is 13.4. The molecule has 0 aliphatic heterocycles. The van der Waals surface area contributed by atoms with Crippen molar-refractivity contribution in [2.45, 2.75) is 13.3 Å². The summed E-state index contributed by atoms with van der Waals surface area (Å²) in [6.45, 7) is 2.01. The smallest absolute Gasteiger partial charge is 0.121 e. The molecule has 23 heavy (non-hydrogen) atoms. The highest BCUT2D eigenvalue weighted by molar-refractivity contribution is 5.92. The van der Waals surface area contributed by atoms with Crippen LogP contribution in [0.4, 0.5) is 0 Å². The summed E-state index contributed by atoms with van der Waals surface area (Å²) in [6.07, 6.45) is 0.341. The minimum Gasteiger partial charge on any atom is -0.497 e. The maximum absolute atomic E-state index is 9.22. The van der Waals surface area contributed by atoms with Gasteiger partial charge in [-0.2, -0.15) is 5.26 Å². The molecule has 4 nitrogen and oxygen atoms in total. The quantitative estimate of drug-likeness (QED) is 0.785. The van der Waals surface area contributed by atoms with Gasteiger partial charge in [0.25, 0.3) is 0 Å². The van der Waals surface area contributed by atoms with Gasteiger partial charge in [0.2, 0.25) is 0 Å². The Labute approximate surface area is 135 Å². The van der Waals surface area contributed by atoms with Crippen molar-refractivity contribution < 1.29 is 9.47 Å². The van der Waals surface area contributed by atoms with Crippen LogP contribution < -0.4 is 9.47 Å². The first-order chi connectivity index (χ1) is 11.2. The average Bonchev–Trinajstić information content (AvgIpc) is 2.93. The Bertz CT molecular complexity index is 904. The second kappa shape index (κ2) is 6.05. The largest absolute Gasteiger partial charge is 0.497 e. The van der Waals surface area contributed by atoms with Crippen LogP contribution >= 0.6 is 0 Å². The van der Waals surface area contributed by atoms with Gasteiger partial charge in [0, 0.05) is 10.9 Å². The van der Waals surface area contributed by atoms with Crippen LogP contribution in [0.5, 0.6) is 11.5 Å². The number of aryl methyl sites for hydroxylation is 1. The van der Waals surface area contributed by atoms with E-state index in [1.54, 1.807) is 14.2 Å². The maximum atomic E-state index is 9.22. The second-order valence-electron chi connectivity index (χ2n) is 5.41. The molecule has 0 amide bonds. The first-order valence-corrected chi connectivity index (χ1v) is 7.38. The number of nitrogens with zero attached hydrogens (tertiary/aromatic N) is 1. The summed E-state index contributed by atoms with van der Waals surface area (Å²) in [7, 11) is 3.31. The van der Waals surface area contributed by atoms with Gasteiger partial charge in [0.05, 0.1) is 32.4 Å². The fourth-order valence-electron chi connectivity index (χ4n) is 2.90. The Morgan fingerprint density at radius 2 is 1.91 bits per heavy atom. The maximum Gasteiger partial charge on any atom is 0.121 e. The van der Waals surface area contributed by atoms with Crippen molar-refractivity contribution in [3.05, 3.63) is 47.5 Å². The summed E-state index contributed by atoms with van der Waals surface area (Å²) in [5, 5.41) is 10.2. The zero-order valence-corrected chi connectivity index (χ0v) is 13.4. The Morgan fingerprint density at radius 1 is 1.09 bits per heavy atom. The predicted octanol–water partition coefficient (Wildman–Crippen LogP) is 4.23. The SMILES string of the molecule is COc1ccc2[nH]c(-c3ccc(OC)c(C)c3)c(CC#N)c2c1. The molecule has 3 aromatic rings. The van der Waals surface area contributed by atoms with Gasteiger partial charge in [0.1, 0.15) is 11.5 Å². The normalized spacial score (nSPS) is 10.5.